The number of aliphatic hydroxyl groups is 1. The Kier molecular flexibility index (Phi) is 5.83. The monoisotopic (exact) mass is 263 g/mol. The Bertz CT molecular complexity index is 381. The molecule has 1 aliphatic rings. The molecule has 2 unspecified atom stereocenters. The molecule has 0 fully saturated rings. The minimum atomic E-state index is -0.412. The van der Waals surface area contributed by atoms with E-state index >= 15 is 0 Å². The van der Waals surface area contributed by atoms with Crippen LogP contribution in [0.3, 0.4) is 0 Å². The predicted octanol–water partition coefficient (Wildman–Crippen LogP) is 2.44. The molecule has 0 aromatic heterocycles. The third-order valence-corrected chi connectivity index (χ3v) is 3.69. The topological polar surface area (TPSA) is 41.5 Å². The van der Waals surface area contributed by atoms with E-state index in [2.05, 4.69) is 36.5 Å². The molecule has 0 aliphatic heterocycles. The Morgan fingerprint density at radius 2 is 2.26 bits per heavy atom. The fourth-order valence-corrected chi connectivity index (χ4v) is 2.57. The second kappa shape index (κ2) is 7.63. The van der Waals surface area contributed by atoms with Gasteiger partial charge in [-0.05, 0) is 30.4 Å². The first-order chi connectivity index (χ1) is 9.31. The van der Waals surface area contributed by atoms with Crippen molar-refractivity contribution in [1.29, 1.82) is 0 Å². The Labute approximate surface area is 116 Å². The first kappa shape index (κ1) is 14.5. The van der Waals surface area contributed by atoms with Crippen LogP contribution in [0, 0.1) is 0 Å². The Morgan fingerprint density at radius 3 is 3.11 bits per heavy atom. The quantitative estimate of drug-likeness (QED) is 0.708. The largest absolute Gasteiger partial charge is 0.389 e. The van der Waals surface area contributed by atoms with Crippen LogP contribution in [0.25, 0.3) is 0 Å². The van der Waals surface area contributed by atoms with Crippen molar-refractivity contribution in [2.45, 2.75) is 44.8 Å². The number of hydrogen-bond acceptors (Lipinski definition) is 3. The number of fused-ring (bicyclic) bond motifs is 1. The third-order valence-electron chi connectivity index (χ3n) is 3.69. The van der Waals surface area contributed by atoms with Crippen LogP contribution in [0.15, 0.2) is 24.3 Å². The third kappa shape index (κ3) is 4.30. The number of aliphatic hydroxyl groups excluding tert-OH is 1. The lowest BCUT2D eigenvalue weighted by Gasteiger charge is -2.17. The highest BCUT2D eigenvalue weighted by atomic mass is 16.5. The molecule has 1 aromatic rings. The van der Waals surface area contributed by atoms with E-state index in [-0.39, 0.29) is 0 Å². The van der Waals surface area contributed by atoms with Crippen molar-refractivity contribution in [3.8, 4) is 0 Å². The zero-order chi connectivity index (χ0) is 13.5. The van der Waals surface area contributed by atoms with E-state index in [4.69, 9.17) is 4.74 Å². The molecule has 1 aromatic carbocycles. The van der Waals surface area contributed by atoms with Crippen molar-refractivity contribution in [3.05, 3.63) is 35.4 Å². The number of aryl methyl sites for hydroxylation is 1. The molecule has 106 valence electrons. The summed E-state index contributed by atoms with van der Waals surface area (Å²) < 4.78 is 5.43. The lowest BCUT2D eigenvalue weighted by atomic mass is 10.1. The van der Waals surface area contributed by atoms with Crippen molar-refractivity contribution in [1.82, 2.24) is 5.32 Å². The summed E-state index contributed by atoms with van der Waals surface area (Å²) in [6, 6.07) is 8.95. The lowest BCUT2D eigenvalue weighted by molar-refractivity contribution is 0.0346. The number of benzene rings is 1. The standard InChI is InChI=1S/C16H25NO2/c1-2-3-10-19-12-14(18)11-17-16-9-8-13-6-4-5-7-15(13)16/h4-7,14,16-18H,2-3,8-12H2,1H3. The average molecular weight is 263 g/mol. The predicted molar refractivity (Wildman–Crippen MR) is 77.2 cm³/mol. The van der Waals surface area contributed by atoms with Gasteiger partial charge in [-0.3, -0.25) is 0 Å². The van der Waals surface area contributed by atoms with E-state index < -0.39 is 6.10 Å². The molecule has 0 amide bonds. The van der Waals surface area contributed by atoms with Gasteiger partial charge in [-0.15, -0.1) is 0 Å². The van der Waals surface area contributed by atoms with Gasteiger partial charge in [0.15, 0.2) is 0 Å². The molecule has 19 heavy (non-hydrogen) atoms. The Balaban J connectivity index is 1.69. The SMILES string of the molecule is CCCCOCC(O)CNC1CCc2ccccc21. The van der Waals surface area contributed by atoms with Crippen LogP contribution in [0.5, 0.6) is 0 Å². The number of ether oxygens (including phenoxy) is 1. The maximum absolute atomic E-state index is 9.87. The Hall–Kier alpha value is -0.900. The molecule has 3 nitrogen and oxygen atoms in total. The Morgan fingerprint density at radius 1 is 1.42 bits per heavy atom. The fourth-order valence-electron chi connectivity index (χ4n) is 2.57. The molecule has 2 N–H and O–H groups in total. The van der Waals surface area contributed by atoms with Gasteiger partial charge in [0.25, 0.3) is 0 Å². The first-order valence-corrected chi connectivity index (χ1v) is 7.38. The van der Waals surface area contributed by atoms with E-state index in [0.29, 0.717) is 19.2 Å². The summed E-state index contributed by atoms with van der Waals surface area (Å²) in [6.07, 6.45) is 4.05. The van der Waals surface area contributed by atoms with E-state index in [0.717, 1.165) is 32.3 Å². The highest BCUT2D eigenvalue weighted by molar-refractivity contribution is 5.34. The van der Waals surface area contributed by atoms with Gasteiger partial charge in [0, 0.05) is 19.2 Å². The van der Waals surface area contributed by atoms with Gasteiger partial charge >= 0.3 is 0 Å². The normalized spacial score (nSPS) is 19.4. The second-order valence-electron chi connectivity index (χ2n) is 5.28. The average Bonchev–Trinajstić information content (AvgIpc) is 2.85. The van der Waals surface area contributed by atoms with Crippen molar-refractivity contribution >= 4 is 0 Å². The molecule has 0 radical (unpaired) electrons. The molecule has 1 aliphatic carbocycles. The van der Waals surface area contributed by atoms with Gasteiger partial charge in [0.2, 0.25) is 0 Å². The molecular formula is C16H25NO2. The molecular weight excluding hydrogens is 238 g/mol. The number of rotatable bonds is 8. The zero-order valence-corrected chi connectivity index (χ0v) is 11.8. The van der Waals surface area contributed by atoms with Crippen LogP contribution in [0.4, 0.5) is 0 Å². The van der Waals surface area contributed by atoms with Gasteiger partial charge in [0.1, 0.15) is 0 Å². The van der Waals surface area contributed by atoms with Gasteiger partial charge in [0.05, 0.1) is 12.7 Å². The summed E-state index contributed by atoms with van der Waals surface area (Å²) in [7, 11) is 0. The van der Waals surface area contributed by atoms with E-state index in [9.17, 15) is 5.11 Å². The highest BCUT2D eigenvalue weighted by Gasteiger charge is 2.21. The minimum absolute atomic E-state index is 0.390. The van der Waals surface area contributed by atoms with Crippen molar-refractivity contribution in [2.24, 2.45) is 0 Å². The lowest BCUT2D eigenvalue weighted by Crippen LogP contribution is -2.32. The summed E-state index contributed by atoms with van der Waals surface area (Å²) in [5.41, 5.74) is 2.83. The van der Waals surface area contributed by atoms with E-state index in [1.807, 2.05) is 0 Å². The minimum Gasteiger partial charge on any atom is -0.389 e. The summed E-state index contributed by atoms with van der Waals surface area (Å²) in [5, 5.41) is 13.3. The maximum Gasteiger partial charge on any atom is 0.0897 e. The van der Waals surface area contributed by atoms with E-state index in [1.165, 1.54) is 11.1 Å². The molecule has 0 saturated carbocycles. The summed E-state index contributed by atoms with van der Waals surface area (Å²) in [4.78, 5) is 0. The van der Waals surface area contributed by atoms with Crippen LogP contribution in [0.1, 0.15) is 43.4 Å². The maximum atomic E-state index is 9.87. The molecule has 0 heterocycles. The molecule has 0 spiro atoms. The summed E-state index contributed by atoms with van der Waals surface area (Å²) in [5.74, 6) is 0. The van der Waals surface area contributed by atoms with Crippen molar-refractivity contribution < 1.29 is 9.84 Å². The van der Waals surface area contributed by atoms with Gasteiger partial charge in [-0.2, -0.15) is 0 Å². The van der Waals surface area contributed by atoms with Crippen molar-refractivity contribution in [3.63, 3.8) is 0 Å². The fraction of sp³-hybridized carbons (Fsp3) is 0.625. The number of nitrogens with one attached hydrogen (secondary N) is 1. The first-order valence-electron chi connectivity index (χ1n) is 7.38. The molecule has 2 rings (SSSR count). The van der Waals surface area contributed by atoms with Crippen LogP contribution in [0.2, 0.25) is 0 Å². The molecule has 0 saturated heterocycles. The molecule has 0 bridgehead atoms. The van der Waals surface area contributed by atoms with Gasteiger partial charge in [-0.1, -0.05) is 37.6 Å². The number of hydrogen-bond donors (Lipinski definition) is 2. The summed E-state index contributed by atoms with van der Waals surface area (Å²) >= 11 is 0. The molecule has 2 atom stereocenters. The van der Waals surface area contributed by atoms with Crippen LogP contribution < -0.4 is 5.32 Å². The van der Waals surface area contributed by atoms with Crippen LogP contribution in [-0.4, -0.2) is 31.0 Å². The summed E-state index contributed by atoms with van der Waals surface area (Å²) in [6.45, 7) is 3.92. The van der Waals surface area contributed by atoms with Crippen LogP contribution >= 0.6 is 0 Å². The van der Waals surface area contributed by atoms with E-state index in [1.54, 1.807) is 0 Å². The van der Waals surface area contributed by atoms with Crippen molar-refractivity contribution in [2.75, 3.05) is 19.8 Å². The number of unbranched alkanes of at least 4 members (excludes halogenated alkanes) is 1. The van der Waals surface area contributed by atoms with Gasteiger partial charge in [-0.25, -0.2) is 0 Å². The highest BCUT2D eigenvalue weighted by Crippen LogP contribution is 2.30. The zero-order valence-electron chi connectivity index (χ0n) is 11.8. The van der Waals surface area contributed by atoms with Crippen LogP contribution in [-0.2, 0) is 11.2 Å². The second-order valence-corrected chi connectivity index (χ2v) is 5.28. The smallest absolute Gasteiger partial charge is 0.0897 e. The molecule has 3 heteroatoms. The van der Waals surface area contributed by atoms with Gasteiger partial charge < -0.3 is 15.2 Å².